The Morgan fingerprint density at radius 1 is 0.842 bits per heavy atom. The second-order valence-electron chi connectivity index (χ2n) is 7.74. The van der Waals surface area contributed by atoms with Gasteiger partial charge in [0, 0.05) is 24.2 Å². The number of hydrogen-bond acceptors (Lipinski definition) is 2. The average molecular weight is 264 g/mol. The molecular weight excluding hydrogens is 232 g/mol. The Morgan fingerprint density at radius 3 is 1.95 bits per heavy atom. The molecule has 0 aromatic rings. The lowest BCUT2D eigenvalue weighted by Crippen LogP contribution is -2.50. The maximum atomic E-state index is 3.77. The molecule has 2 heteroatoms. The molecule has 2 nitrogen and oxygen atoms in total. The van der Waals surface area contributed by atoms with Crippen LogP contribution in [-0.4, -0.2) is 36.1 Å². The third kappa shape index (κ3) is 3.00. The van der Waals surface area contributed by atoms with E-state index in [1.807, 2.05) is 0 Å². The van der Waals surface area contributed by atoms with Crippen LogP contribution in [0.4, 0.5) is 0 Å². The first-order chi connectivity index (χ1) is 9.13. The van der Waals surface area contributed by atoms with Crippen molar-refractivity contribution in [1.29, 1.82) is 0 Å². The van der Waals surface area contributed by atoms with Crippen LogP contribution in [0.3, 0.4) is 0 Å². The fraction of sp³-hybridized carbons (Fsp3) is 1.00. The molecule has 2 aliphatic heterocycles. The predicted molar refractivity (Wildman–Crippen MR) is 81.3 cm³/mol. The third-order valence-electron chi connectivity index (χ3n) is 6.28. The normalized spacial score (nSPS) is 43.1. The van der Waals surface area contributed by atoms with E-state index in [9.17, 15) is 0 Å². The van der Waals surface area contributed by atoms with Gasteiger partial charge in [-0.2, -0.15) is 0 Å². The summed E-state index contributed by atoms with van der Waals surface area (Å²) in [6.45, 7) is 4.80. The number of nitrogens with zero attached hydrogens (tertiary/aromatic N) is 1. The molecular formula is C17H32N2. The molecule has 3 aliphatic rings. The molecule has 1 aliphatic carbocycles. The van der Waals surface area contributed by atoms with Gasteiger partial charge in [0.1, 0.15) is 0 Å². The maximum Gasteiger partial charge on any atom is 0.0125 e. The Bertz CT molecular complexity index is 282. The molecule has 1 N–H and O–H groups in total. The van der Waals surface area contributed by atoms with E-state index in [0.717, 1.165) is 36.0 Å². The topological polar surface area (TPSA) is 15.3 Å². The van der Waals surface area contributed by atoms with E-state index in [1.165, 1.54) is 51.4 Å². The maximum absolute atomic E-state index is 3.77. The van der Waals surface area contributed by atoms with Crippen molar-refractivity contribution in [3.63, 3.8) is 0 Å². The molecule has 2 saturated heterocycles. The summed E-state index contributed by atoms with van der Waals surface area (Å²) < 4.78 is 0. The van der Waals surface area contributed by atoms with Crippen molar-refractivity contribution >= 4 is 0 Å². The molecule has 3 fully saturated rings. The fourth-order valence-electron chi connectivity index (χ4n) is 4.83. The van der Waals surface area contributed by atoms with E-state index in [1.54, 1.807) is 0 Å². The minimum atomic E-state index is 0.832. The highest BCUT2D eigenvalue weighted by atomic mass is 15.2. The van der Waals surface area contributed by atoms with Gasteiger partial charge in [0.25, 0.3) is 0 Å². The van der Waals surface area contributed by atoms with Crippen LogP contribution in [0, 0.1) is 11.8 Å². The monoisotopic (exact) mass is 264 g/mol. The van der Waals surface area contributed by atoms with Gasteiger partial charge in [0.2, 0.25) is 0 Å². The van der Waals surface area contributed by atoms with Gasteiger partial charge in [0.05, 0.1) is 0 Å². The van der Waals surface area contributed by atoms with E-state index < -0.39 is 0 Å². The largest absolute Gasteiger partial charge is 0.311 e. The Balaban J connectivity index is 1.52. The lowest BCUT2D eigenvalue weighted by molar-refractivity contribution is 0.0825. The van der Waals surface area contributed by atoms with Crippen LogP contribution in [0.2, 0.25) is 0 Å². The van der Waals surface area contributed by atoms with Crippen LogP contribution in [0.15, 0.2) is 0 Å². The lowest BCUT2D eigenvalue weighted by atomic mass is 9.79. The Morgan fingerprint density at radius 2 is 1.42 bits per heavy atom. The van der Waals surface area contributed by atoms with Crippen molar-refractivity contribution < 1.29 is 0 Å². The van der Waals surface area contributed by atoms with Gasteiger partial charge in [-0.1, -0.05) is 13.8 Å². The minimum Gasteiger partial charge on any atom is -0.311 e. The number of rotatable bonds is 3. The van der Waals surface area contributed by atoms with Crippen LogP contribution in [0.25, 0.3) is 0 Å². The van der Waals surface area contributed by atoms with Crippen molar-refractivity contribution in [2.75, 3.05) is 7.05 Å². The summed E-state index contributed by atoms with van der Waals surface area (Å²) >= 11 is 0. The highest BCUT2D eigenvalue weighted by molar-refractivity contribution is 4.96. The molecule has 0 aromatic carbocycles. The first kappa shape index (κ1) is 13.9. The molecule has 0 spiro atoms. The number of fused-ring (bicyclic) bond motifs is 2. The van der Waals surface area contributed by atoms with Gasteiger partial charge in [0.15, 0.2) is 0 Å². The summed E-state index contributed by atoms with van der Waals surface area (Å²) in [4.78, 5) is 2.77. The van der Waals surface area contributed by atoms with E-state index in [-0.39, 0.29) is 0 Å². The molecule has 1 saturated carbocycles. The van der Waals surface area contributed by atoms with Crippen LogP contribution in [-0.2, 0) is 0 Å². The van der Waals surface area contributed by atoms with Crippen LogP contribution in [0.1, 0.15) is 65.2 Å². The van der Waals surface area contributed by atoms with E-state index >= 15 is 0 Å². The summed E-state index contributed by atoms with van der Waals surface area (Å²) in [5.41, 5.74) is 0. The number of hydrogen-bond donors (Lipinski definition) is 1. The molecule has 2 heterocycles. The van der Waals surface area contributed by atoms with Crippen molar-refractivity contribution in [2.24, 2.45) is 11.8 Å². The molecule has 2 bridgehead atoms. The smallest absolute Gasteiger partial charge is 0.0125 e. The van der Waals surface area contributed by atoms with Gasteiger partial charge in [-0.15, -0.1) is 0 Å². The van der Waals surface area contributed by atoms with Gasteiger partial charge in [-0.05, 0) is 70.3 Å². The zero-order valence-corrected chi connectivity index (χ0v) is 13.1. The standard InChI is InChI=1S/C17H32N2/c1-12(2)13-4-8-16(9-5-13)19(3)17-10-14-6-7-15(11-17)18-14/h12-18H,4-11H2,1-3H3. The Hall–Kier alpha value is -0.0800. The third-order valence-corrected chi connectivity index (χ3v) is 6.28. The molecule has 0 aromatic heterocycles. The fourth-order valence-corrected chi connectivity index (χ4v) is 4.83. The molecule has 0 amide bonds. The van der Waals surface area contributed by atoms with E-state index in [0.29, 0.717) is 0 Å². The zero-order valence-electron chi connectivity index (χ0n) is 13.1. The summed E-state index contributed by atoms with van der Waals surface area (Å²) in [5, 5.41) is 3.77. The molecule has 19 heavy (non-hydrogen) atoms. The SMILES string of the molecule is CC(C)C1CCC(N(C)C2CC3CCC(C2)N3)CC1. The van der Waals surface area contributed by atoms with Gasteiger partial charge in [-0.25, -0.2) is 0 Å². The zero-order chi connectivity index (χ0) is 13.4. The lowest BCUT2D eigenvalue weighted by Gasteiger charge is -2.43. The number of nitrogens with one attached hydrogen (secondary N) is 1. The first-order valence-corrected chi connectivity index (χ1v) is 8.61. The first-order valence-electron chi connectivity index (χ1n) is 8.61. The van der Waals surface area contributed by atoms with Gasteiger partial charge < -0.3 is 10.2 Å². The van der Waals surface area contributed by atoms with Crippen LogP contribution in [0.5, 0.6) is 0 Å². The van der Waals surface area contributed by atoms with Gasteiger partial charge in [-0.3, -0.25) is 0 Å². The molecule has 110 valence electrons. The summed E-state index contributed by atoms with van der Waals surface area (Å²) in [6, 6.07) is 3.40. The second kappa shape index (κ2) is 5.73. The summed E-state index contributed by atoms with van der Waals surface area (Å²) in [5.74, 6) is 1.88. The Kier molecular flexibility index (Phi) is 4.19. The van der Waals surface area contributed by atoms with Crippen molar-refractivity contribution in [1.82, 2.24) is 10.2 Å². The van der Waals surface area contributed by atoms with Gasteiger partial charge >= 0.3 is 0 Å². The van der Waals surface area contributed by atoms with Crippen LogP contribution >= 0.6 is 0 Å². The van der Waals surface area contributed by atoms with E-state index in [4.69, 9.17) is 0 Å². The minimum absolute atomic E-state index is 0.832. The highest BCUT2D eigenvalue weighted by Crippen LogP contribution is 2.35. The van der Waals surface area contributed by atoms with Crippen molar-refractivity contribution in [3.05, 3.63) is 0 Å². The van der Waals surface area contributed by atoms with Crippen LogP contribution < -0.4 is 5.32 Å². The summed E-state index contributed by atoms with van der Waals surface area (Å²) in [7, 11) is 2.41. The quantitative estimate of drug-likeness (QED) is 0.840. The average Bonchev–Trinajstić information content (AvgIpc) is 2.76. The molecule has 2 unspecified atom stereocenters. The second-order valence-corrected chi connectivity index (χ2v) is 7.74. The Labute approximate surface area is 119 Å². The predicted octanol–water partition coefficient (Wildman–Crippen LogP) is 3.42. The summed E-state index contributed by atoms with van der Waals surface area (Å²) in [6.07, 6.45) is 11.5. The number of piperidine rings is 1. The van der Waals surface area contributed by atoms with E-state index in [2.05, 4.69) is 31.1 Å². The molecule has 3 rings (SSSR count). The molecule has 2 atom stereocenters. The van der Waals surface area contributed by atoms with Crippen molar-refractivity contribution in [2.45, 2.75) is 89.4 Å². The molecule has 0 radical (unpaired) electrons. The van der Waals surface area contributed by atoms with Crippen molar-refractivity contribution in [3.8, 4) is 0 Å². The highest BCUT2D eigenvalue weighted by Gasteiger charge is 2.37.